The number of benzene rings is 2. The molecule has 0 unspecified atom stereocenters. The molecule has 0 spiro atoms. The molecule has 0 aliphatic rings. The number of para-hydroxylation sites is 1. The summed E-state index contributed by atoms with van der Waals surface area (Å²) in [5.41, 5.74) is 2.91. The van der Waals surface area contributed by atoms with Crippen molar-refractivity contribution >= 4 is 22.5 Å². The summed E-state index contributed by atoms with van der Waals surface area (Å²) < 4.78 is 10.6. The topological polar surface area (TPSA) is 63.3 Å². The first-order valence-corrected chi connectivity index (χ1v) is 8.49. The fourth-order valence-electron chi connectivity index (χ4n) is 3.38. The van der Waals surface area contributed by atoms with Crippen LogP contribution in [0.2, 0.25) is 0 Å². The Kier molecular flexibility index (Phi) is 4.64. The van der Waals surface area contributed by atoms with Crippen LogP contribution in [0.4, 0.5) is 5.69 Å². The quantitative estimate of drug-likeness (QED) is 0.715. The minimum absolute atomic E-state index is 0.103. The molecule has 26 heavy (non-hydrogen) atoms. The molecule has 3 rings (SSSR count). The number of amides is 1. The smallest absolute Gasteiger partial charge is 0.234 e. The Hall–Kier alpha value is -2.95. The number of ether oxygens (including phenoxy) is 2. The number of hydrogen-bond acceptors (Lipinski definition) is 3. The molecule has 0 bridgehead atoms. The number of hydrogen-bond donors (Lipinski definition) is 2. The molecule has 0 saturated heterocycles. The first kappa shape index (κ1) is 17.9. The van der Waals surface area contributed by atoms with Gasteiger partial charge in [-0.25, -0.2) is 0 Å². The van der Waals surface area contributed by atoms with Gasteiger partial charge in [0.05, 0.1) is 25.3 Å². The molecule has 0 saturated carbocycles. The average molecular weight is 352 g/mol. The van der Waals surface area contributed by atoms with Crippen molar-refractivity contribution in [1.82, 2.24) is 4.98 Å². The van der Waals surface area contributed by atoms with Crippen LogP contribution in [-0.2, 0) is 10.2 Å². The van der Waals surface area contributed by atoms with E-state index in [1.54, 1.807) is 32.4 Å². The maximum absolute atomic E-state index is 13.1. The molecule has 1 aromatic heterocycles. The molecule has 136 valence electrons. The molecule has 0 aliphatic heterocycles. The zero-order chi connectivity index (χ0) is 18.9. The number of anilines is 1. The second-order valence-electron chi connectivity index (χ2n) is 6.82. The van der Waals surface area contributed by atoms with Crippen molar-refractivity contribution in [2.45, 2.75) is 26.2 Å². The number of carbonyl (C=O) groups is 1. The summed E-state index contributed by atoms with van der Waals surface area (Å²) in [5.74, 6) is 1.13. The predicted octanol–water partition coefficient (Wildman–Crippen LogP) is 4.41. The number of aromatic nitrogens is 1. The first-order valence-electron chi connectivity index (χ1n) is 8.49. The van der Waals surface area contributed by atoms with Crippen LogP contribution in [0.1, 0.15) is 25.1 Å². The van der Waals surface area contributed by atoms with Gasteiger partial charge in [0.15, 0.2) is 0 Å². The maximum atomic E-state index is 13.1. The van der Waals surface area contributed by atoms with Crippen molar-refractivity contribution in [1.29, 1.82) is 0 Å². The van der Waals surface area contributed by atoms with Gasteiger partial charge in [-0.3, -0.25) is 4.79 Å². The van der Waals surface area contributed by atoms with Crippen LogP contribution in [0.5, 0.6) is 11.5 Å². The van der Waals surface area contributed by atoms with Gasteiger partial charge in [0.2, 0.25) is 5.91 Å². The van der Waals surface area contributed by atoms with Crippen LogP contribution in [0.15, 0.2) is 42.5 Å². The Morgan fingerprint density at radius 1 is 1.08 bits per heavy atom. The Bertz CT molecular complexity index is 957. The Morgan fingerprint density at radius 3 is 2.50 bits per heavy atom. The first-order chi connectivity index (χ1) is 12.4. The molecule has 3 aromatic rings. The third kappa shape index (κ3) is 3.01. The van der Waals surface area contributed by atoms with Crippen LogP contribution in [0.25, 0.3) is 10.9 Å². The molecule has 0 fully saturated rings. The molecule has 0 radical (unpaired) electrons. The van der Waals surface area contributed by atoms with Crippen molar-refractivity contribution in [2.75, 3.05) is 19.5 Å². The summed E-state index contributed by atoms with van der Waals surface area (Å²) >= 11 is 0. The van der Waals surface area contributed by atoms with Gasteiger partial charge in [-0.2, -0.15) is 0 Å². The van der Waals surface area contributed by atoms with E-state index in [2.05, 4.69) is 10.3 Å². The van der Waals surface area contributed by atoms with E-state index < -0.39 is 5.41 Å². The second kappa shape index (κ2) is 6.75. The van der Waals surface area contributed by atoms with Crippen LogP contribution in [0.3, 0.4) is 0 Å². The highest BCUT2D eigenvalue weighted by Crippen LogP contribution is 2.36. The number of rotatable bonds is 5. The van der Waals surface area contributed by atoms with Gasteiger partial charge >= 0.3 is 0 Å². The summed E-state index contributed by atoms with van der Waals surface area (Å²) in [6.07, 6.45) is 0. The molecule has 5 heteroatoms. The third-order valence-corrected chi connectivity index (χ3v) is 4.74. The van der Waals surface area contributed by atoms with Crippen LogP contribution >= 0.6 is 0 Å². The van der Waals surface area contributed by atoms with Crippen LogP contribution < -0.4 is 14.8 Å². The fourth-order valence-corrected chi connectivity index (χ4v) is 3.38. The number of aryl methyl sites for hydroxylation is 1. The molecule has 2 N–H and O–H groups in total. The highest BCUT2D eigenvalue weighted by molar-refractivity contribution is 6.03. The van der Waals surface area contributed by atoms with E-state index in [4.69, 9.17) is 9.47 Å². The van der Waals surface area contributed by atoms with Crippen molar-refractivity contribution in [2.24, 2.45) is 0 Å². The lowest BCUT2D eigenvalue weighted by Crippen LogP contribution is -2.35. The van der Waals surface area contributed by atoms with Gasteiger partial charge in [0, 0.05) is 22.7 Å². The SMILES string of the molecule is COc1ccc(NC(=O)C(C)(C)c2c(C)[nH]c3ccccc23)c(OC)c1. The maximum Gasteiger partial charge on any atom is 0.234 e. The van der Waals surface area contributed by atoms with E-state index in [1.165, 1.54) is 0 Å². The van der Waals surface area contributed by atoms with E-state index in [1.807, 2.05) is 45.0 Å². The second-order valence-corrected chi connectivity index (χ2v) is 6.82. The molecule has 1 heterocycles. The highest BCUT2D eigenvalue weighted by Gasteiger charge is 2.34. The Balaban J connectivity index is 1.97. The van der Waals surface area contributed by atoms with Gasteiger partial charge in [0.25, 0.3) is 0 Å². The minimum atomic E-state index is -0.728. The van der Waals surface area contributed by atoms with E-state index in [0.29, 0.717) is 17.2 Å². The molecule has 0 aliphatic carbocycles. The molecule has 0 atom stereocenters. The monoisotopic (exact) mass is 352 g/mol. The van der Waals surface area contributed by atoms with E-state index in [-0.39, 0.29) is 5.91 Å². The predicted molar refractivity (Wildman–Crippen MR) is 104 cm³/mol. The Labute approximate surface area is 153 Å². The van der Waals surface area contributed by atoms with Crippen LogP contribution in [-0.4, -0.2) is 25.1 Å². The lowest BCUT2D eigenvalue weighted by Gasteiger charge is -2.25. The van der Waals surface area contributed by atoms with E-state index in [0.717, 1.165) is 22.2 Å². The number of aromatic amines is 1. The van der Waals surface area contributed by atoms with Crippen LogP contribution in [0, 0.1) is 6.92 Å². The number of methoxy groups -OCH3 is 2. The van der Waals surface area contributed by atoms with Crippen molar-refractivity contribution in [3.8, 4) is 11.5 Å². The standard InChI is InChI=1S/C21H24N2O3/c1-13-19(15-8-6-7-9-16(15)22-13)21(2,3)20(24)23-17-11-10-14(25-4)12-18(17)26-5/h6-12,22H,1-5H3,(H,23,24). The van der Waals surface area contributed by atoms with Gasteiger partial charge in [-0.05, 0) is 44.5 Å². The summed E-state index contributed by atoms with van der Waals surface area (Å²) in [6, 6.07) is 13.4. The highest BCUT2D eigenvalue weighted by atomic mass is 16.5. The van der Waals surface area contributed by atoms with Gasteiger partial charge < -0.3 is 19.8 Å². The summed E-state index contributed by atoms with van der Waals surface area (Å²) in [5, 5.41) is 4.06. The minimum Gasteiger partial charge on any atom is -0.497 e. The summed E-state index contributed by atoms with van der Waals surface area (Å²) in [6.45, 7) is 5.86. The molecule has 2 aromatic carbocycles. The normalized spacial score (nSPS) is 11.4. The number of fused-ring (bicyclic) bond motifs is 1. The lowest BCUT2D eigenvalue weighted by molar-refractivity contribution is -0.120. The average Bonchev–Trinajstić information content (AvgIpc) is 2.98. The summed E-state index contributed by atoms with van der Waals surface area (Å²) in [7, 11) is 3.16. The molecule has 1 amide bonds. The van der Waals surface area contributed by atoms with Gasteiger partial charge in [-0.15, -0.1) is 0 Å². The largest absolute Gasteiger partial charge is 0.497 e. The van der Waals surface area contributed by atoms with Crippen molar-refractivity contribution < 1.29 is 14.3 Å². The zero-order valence-electron chi connectivity index (χ0n) is 15.8. The Morgan fingerprint density at radius 2 is 1.81 bits per heavy atom. The van der Waals surface area contributed by atoms with E-state index in [9.17, 15) is 4.79 Å². The van der Waals surface area contributed by atoms with Gasteiger partial charge in [0.1, 0.15) is 11.5 Å². The number of nitrogens with one attached hydrogen (secondary N) is 2. The van der Waals surface area contributed by atoms with Crippen molar-refractivity contribution in [3.05, 3.63) is 53.7 Å². The molecular formula is C21H24N2O3. The molecule has 5 nitrogen and oxygen atoms in total. The number of carbonyl (C=O) groups excluding carboxylic acids is 1. The van der Waals surface area contributed by atoms with E-state index >= 15 is 0 Å². The number of H-pyrrole nitrogens is 1. The van der Waals surface area contributed by atoms with Crippen molar-refractivity contribution in [3.63, 3.8) is 0 Å². The summed E-state index contributed by atoms with van der Waals surface area (Å²) in [4.78, 5) is 16.5. The fraction of sp³-hybridized carbons (Fsp3) is 0.286. The zero-order valence-corrected chi connectivity index (χ0v) is 15.8. The lowest BCUT2D eigenvalue weighted by atomic mass is 9.81. The molecular weight excluding hydrogens is 328 g/mol. The van der Waals surface area contributed by atoms with Gasteiger partial charge in [-0.1, -0.05) is 18.2 Å². The third-order valence-electron chi connectivity index (χ3n) is 4.74.